The van der Waals surface area contributed by atoms with Crippen LogP contribution in [0.15, 0.2) is 5.38 Å². The molecule has 1 aromatic heterocycles. The minimum absolute atomic E-state index is 0.113. The van der Waals surface area contributed by atoms with Crippen molar-refractivity contribution in [3.63, 3.8) is 0 Å². The van der Waals surface area contributed by atoms with Crippen molar-refractivity contribution in [3.05, 3.63) is 10.5 Å². The Bertz CT molecular complexity index is 326. The number of anilines is 1. The monoisotopic (exact) mass is 232 g/mol. The van der Waals surface area contributed by atoms with E-state index in [4.69, 9.17) is 16.3 Å². The Hall–Kier alpha value is -0.320. The fourth-order valence-corrected chi connectivity index (χ4v) is 2.49. The van der Waals surface area contributed by atoms with E-state index in [0.29, 0.717) is 11.2 Å². The van der Waals surface area contributed by atoms with Gasteiger partial charge in [0.25, 0.3) is 0 Å². The lowest BCUT2D eigenvalue weighted by molar-refractivity contribution is 0.0315. The van der Waals surface area contributed by atoms with Gasteiger partial charge in [-0.1, -0.05) is 11.6 Å². The molecule has 0 bridgehead atoms. The van der Waals surface area contributed by atoms with E-state index < -0.39 is 0 Å². The Kier molecular flexibility index (Phi) is 2.68. The average molecular weight is 233 g/mol. The Morgan fingerprint density at radius 1 is 1.71 bits per heavy atom. The Morgan fingerprint density at radius 3 is 3.00 bits per heavy atom. The molecule has 0 aromatic carbocycles. The van der Waals surface area contributed by atoms with Crippen LogP contribution in [-0.2, 0) is 4.74 Å². The van der Waals surface area contributed by atoms with Crippen molar-refractivity contribution < 1.29 is 4.74 Å². The minimum atomic E-state index is -0.113. The Labute approximate surface area is 92.4 Å². The van der Waals surface area contributed by atoms with Gasteiger partial charge in [-0.05, 0) is 20.3 Å². The lowest BCUT2D eigenvalue weighted by Gasteiger charge is -2.26. The summed E-state index contributed by atoms with van der Waals surface area (Å²) in [5.41, 5.74) is -0.113. The number of hydrogen-bond donors (Lipinski definition) is 1. The van der Waals surface area contributed by atoms with Crippen LogP contribution >= 0.6 is 22.9 Å². The third-order valence-electron chi connectivity index (χ3n) is 2.49. The molecule has 1 unspecified atom stereocenters. The van der Waals surface area contributed by atoms with Crippen LogP contribution < -0.4 is 5.32 Å². The standard InChI is InChI=1S/C9H13ClN2OS/c1-9(2)6(3-4-13-9)11-8-12-7(10)5-14-8/h5-6H,3-4H2,1-2H3,(H,11,12). The first-order valence-electron chi connectivity index (χ1n) is 4.59. The topological polar surface area (TPSA) is 34.1 Å². The normalized spacial score (nSPS) is 25.2. The van der Waals surface area contributed by atoms with Crippen molar-refractivity contribution in [1.29, 1.82) is 0 Å². The summed E-state index contributed by atoms with van der Waals surface area (Å²) in [4.78, 5) is 4.16. The summed E-state index contributed by atoms with van der Waals surface area (Å²) in [6, 6.07) is 0.324. The van der Waals surface area contributed by atoms with E-state index >= 15 is 0 Å². The molecule has 2 rings (SSSR count). The molecular formula is C9H13ClN2OS. The Morgan fingerprint density at radius 2 is 2.50 bits per heavy atom. The number of nitrogens with zero attached hydrogens (tertiary/aromatic N) is 1. The molecule has 14 heavy (non-hydrogen) atoms. The molecule has 1 aliphatic rings. The quantitative estimate of drug-likeness (QED) is 0.852. The molecule has 78 valence electrons. The summed E-state index contributed by atoms with van der Waals surface area (Å²) in [7, 11) is 0. The number of ether oxygens (including phenoxy) is 1. The van der Waals surface area contributed by atoms with Crippen LogP contribution in [0, 0.1) is 0 Å². The molecule has 2 heterocycles. The lowest BCUT2D eigenvalue weighted by Crippen LogP contribution is -2.37. The van der Waals surface area contributed by atoms with Crippen molar-refractivity contribution >= 4 is 28.1 Å². The zero-order valence-corrected chi connectivity index (χ0v) is 9.78. The summed E-state index contributed by atoms with van der Waals surface area (Å²) in [5, 5.41) is 6.60. The van der Waals surface area contributed by atoms with Gasteiger partial charge in [0.1, 0.15) is 5.15 Å². The first-order chi connectivity index (χ1) is 6.58. The van der Waals surface area contributed by atoms with Gasteiger partial charge >= 0.3 is 0 Å². The number of nitrogens with one attached hydrogen (secondary N) is 1. The second-order valence-electron chi connectivity index (χ2n) is 3.91. The van der Waals surface area contributed by atoms with Crippen molar-refractivity contribution in [3.8, 4) is 0 Å². The molecule has 1 atom stereocenters. The third-order valence-corrected chi connectivity index (χ3v) is 3.59. The van der Waals surface area contributed by atoms with Gasteiger partial charge in [-0.15, -0.1) is 11.3 Å². The van der Waals surface area contributed by atoms with Crippen LogP contribution in [0.2, 0.25) is 5.15 Å². The molecule has 1 N–H and O–H groups in total. The number of halogens is 1. The first-order valence-corrected chi connectivity index (χ1v) is 5.85. The molecule has 1 aromatic rings. The van der Waals surface area contributed by atoms with Gasteiger partial charge in [-0.25, -0.2) is 4.98 Å². The SMILES string of the molecule is CC1(C)OCCC1Nc1nc(Cl)cs1. The molecule has 1 aliphatic heterocycles. The fourth-order valence-electron chi connectivity index (χ4n) is 1.60. The smallest absolute Gasteiger partial charge is 0.184 e. The third kappa shape index (κ3) is 2.02. The van der Waals surface area contributed by atoms with Crippen LogP contribution in [0.25, 0.3) is 0 Å². The van der Waals surface area contributed by atoms with Gasteiger partial charge in [0, 0.05) is 12.0 Å². The van der Waals surface area contributed by atoms with E-state index in [2.05, 4.69) is 24.1 Å². The molecule has 3 nitrogen and oxygen atoms in total. The van der Waals surface area contributed by atoms with Crippen molar-refractivity contribution in [1.82, 2.24) is 4.98 Å². The molecule has 0 saturated carbocycles. The summed E-state index contributed by atoms with van der Waals surface area (Å²) in [6.45, 7) is 4.99. The highest BCUT2D eigenvalue weighted by atomic mass is 35.5. The van der Waals surface area contributed by atoms with Crippen molar-refractivity contribution in [2.45, 2.75) is 31.9 Å². The summed E-state index contributed by atoms with van der Waals surface area (Å²) < 4.78 is 5.61. The van der Waals surface area contributed by atoms with E-state index in [-0.39, 0.29) is 5.60 Å². The first kappa shape index (κ1) is 10.2. The average Bonchev–Trinajstić information content (AvgIpc) is 2.61. The largest absolute Gasteiger partial charge is 0.373 e. The molecular weight excluding hydrogens is 220 g/mol. The van der Waals surface area contributed by atoms with Crippen LogP contribution in [-0.4, -0.2) is 23.2 Å². The van der Waals surface area contributed by atoms with E-state index in [1.165, 1.54) is 11.3 Å². The van der Waals surface area contributed by atoms with Crippen molar-refractivity contribution in [2.24, 2.45) is 0 Å². The molecule has 0 spiro atoms. The molecule has 1 saturated heterocycles. The zero-order valence-electron chi connectivity index (χ0n) is 8.21. The number of hydrogen-bond acceptors (Lipinski definition) is 4. The molecule has 0 aliphatic carbocycles. The van der Waals surface area contributed by atoms with E-state index in [1.54, 1.807) is 0 Å². The van der Waals surface area contributed by atoms with Crippen molar-refractivity contribution in [2.75, 3.05) is 11.9 Å². The predicted octanol–water partition coefficient (Wildman–Crippen LogP) is 2.78. The molecule has 0 amide bonds. The highest BCUT2D eigenvalue weighted by molar-refractivity contribution is 7.14. The van der Waals surface area contributed by atoms with E-state index in [1.807, 2.05) is 5.38 Å². The van der Waals surface area contributed by atoms with Crippen LogP contribution in [0.4, 0.5) is 5.13 Å². The van der Waals surface area contributed by atoms with Gasteiger partial charge in [0.2, 0.25) is 0 Å². The summed E-state index contributed by atoms with van der Waals surface area (Å²) >= 11 is 7.27. The minimum Gasteiger partial charge on any atom is -0.373 e. The van der Waals surface area contributed by atoms with E-state index in [0.717, 1.165) is 18.2 Å². The summed E-state index contributed by atoms with van der Waals surface area (Å²) in [6.07, 6.45) is 1.02. The van der Waals surface area contributed by atoms with Gasteiger partial charge < -0.3 is 10.1 Å². The second-order valence-corrected chi connectivity index (χ2v) is 5.16. The van der Waals surface area contributed by atoms with Gasteiger partial charge in [-0.2, -0.15) is 0 Å². The lowest BCUT2D eigenvalue weighted by atomic mass is 9.99. The van der Waals surface area contributed by atoms with E-state index in [9.17, 15) is 0 Å². The van der Waals surface area contributed by atoms with Crippen LogP contribution in [0.1, 0.15) is 20.3 Å². The second kappa shape index (κ2) is 3.68. The highest BCUT2D eigenvalue weighted by Gasteiger charge is 2.36. The summed E-state index contributed by atoms with van der Waals surface area (Å²) in [5.74, 6) is 0. The molecule has 1 fully saturated rings. The fraction of sp³-hybridized carbons (Fsp3) is 0.667. The van der Waals surface area contributed by atoms with Gasteiger partial charge in [0.05, 0.1) is 11.6 Å². The maximum Gasteiger partial charge on any atom is 0.184 e. The van der Waals surface area contributed by atoms with Gasteiger partial charge in [0.15, 0.2) is 5.13 Å². The Balaban J connectivity index is 2.04. The van der Waals surface area contributed by atoms with Crippen LogP contribution in [0.3, 0.4) is 0 Å². The molecule has 5 heteroatoms. The van der Waals surface area contributed by atoms with Gasteiger partial charge in [-0.3, -0.25) is 0 Å². The highest BCUT2D eigenvalue weighted by Crippen LogP contribution is 2.29. The maximum absolute atomic E-state index is 5.74. The predicted molar refractivity (Wildman–Crippen MR) is 59.2 cm³/mol. The maximum atomic E-state index is 5.74. The number of rotatable bonds is 2. The zero-order chi connectivity index (χ0) is 10.2. The number of aromatic nitrogens is 1. The number of thiazole rings is 1. The molecule has 0 radical (unpaired) electrons. The van der Waals surface area contributed by atoms with Crippen LogP contribution in [0.5, 0.6) is 0 Å².